The number of nitrogens with zero attached hydrogens (tertiary/aromatic N) is 2. The van der Waals surface area contributed by atoms with Crippen LogP contribution in [-0.2, 0) is 14.2 Å². The number of carbonyl (C=O) groups is 1. The number of nitrogens with one attached hydrogen (secondary N) is 1. The lowest BCUT2D eigenvalue weighted by molar-refractivity contribution is -0.443. The number of dihydropyridines is 1. The van der Waals surface area contributed by atoms with Crippen LogP contribution in [0.15, 0.2) is 21.2 Å². The molecule has 0 saturated carbocycles. The first-order chi connectivity index (χ1) is 13.3. The minimum absolute atomic E-state index is 0.0728. The maximum Gasteiger partial charge on any atom is 0.454 e. The summed E-state index contributed by atoms with van der Waals surface area (Å²) in [7, 11) is 0. The molecular weight excluding hydrogens is 474 g/mol. The van der Waals surface area contributed by atoms with Crippen LogP contribution in [0.3, 0.4) is 0 Å². The van der Waals surface area contributed by atoms with Crippen molar-refractivity contribution in [3.05, 3.63) is 21.2 Å². The number of piperazine rings is 1. The Morgan fingerprint density at radius 3 is 2.59 bits per heavy atom. The number of allylic oxidation sites excluding steroid dienone is 2. The largest absolute Gasteiger partial charge is 0.492 e. The molecule has 0 aromatic heterocycles. The number of hydrogen-bond donors (Lipinski definition) is 4. The zero-order chi connectivity index (χ0) is 21.6. The van der Waals surface area contributed by atoms with Gasteiger partial charge in [-0.25, -0.2) is 4.79 Å². The molecule has 164 valence electrons. The van der Waals surface area contributed by atoms with E-state index in [0.29, 0.717) is 38.5 Å². The van der Waals surface area contributed by atoms with Crippen LogP contribution < -0.4 is 5.32 Å². The summed E-state index contributed by atoms with van der Waals surface area (Å²) in [6.07, 6.45) is -3.72. The average Bonchev–Trinajstić information content (AvgIpc) is 2.75. The fraction of sp³-hybridized carbons (Fsp3) is 0.706. The van der Waals surface area contributed by atoms with Gasteiger partial charge in [0.05, 0.1) is 10.5 Å². The molecule has 3 aliphatic rings. The fourth-order valence-electron chi connectivity index (χ4n) is 3.36. The Morgan fingerprint density at radius 2 is 1.97 bits per heavy atom. The molecule has 2 atom stereocenters. The van der Waals surface area contributed by atoms with Gasteiger partial charge in [0.15, 0.2) is 0 Å². The SMILES string of the molecule is CC(C)(C)OC(=O)N1CCN2CC3NC(OC(O)(O)O)=C(Br)C(Cl)=C3OCC2C1. The van der Waals surface area contributed by atoms with Gasteiger partial charge in [-0.15, -0.1) is 0 Å². The quantitative estimate of drug-likeness (QED) is 0.404. The molecule has 2 saturated heterocycles. The summed E-state index contributed by atoms with van der Waals surface area (Å²) in [6, 6.07) is -0.518. The summed E-state index contributed by atoms with van der Waals surface area (Å²) in [6.45, 7) is 7.80. The third-order valence-electron chi connectivity index (χ3n) is 4.57. The van der Waals surface area contributed by atoms with Gasteiger partial charge in [0.1, 0.15) is 29.0 Å². The predicted molar refractivity (Wildman–Crippen MR) is 105 cm³/mol. The summed E-state index contributed by atoms with van der Waals surface area (Å²) in [5, 5.41) is 30.5. The van der Waals surface area contributed by atoms with Crippen molar-refractivity contribution in [1.82, 2.24) is 15.1 Å². The normalized spacial score (nSPS) is 26.1. The molecule has 10 nitrogen and oxygen atoms in total. The van der Waals surface area contributed by atoms with Crippen molar-refractivity contribution in [2.45, 2.75) is 44.6 Å². The van der Waals surface area contributed by atoms with E-state index in [1.54, 1.807) is 4.90 Å². The molecule has 3 rings (SSSR count). The lowest BCUT2D eigenvalue weighted by atomic mass is 10.1. The zero-order valence-corrected chi connectivity index (χ0v) is 18.7. The van der Waals surface area contributed by atoms with E-state index in [0.717, 1.165) is 0 Å². The van der Waals surface area contributed by atoms with Crippen molar-refractivity contribution in [3.8, 4) is 0 Å². The van der Waals surface area contributed by atoms with Gasteiger partial charge in [-0.3, -0.25) is 4.90 Å². The number of aliphatic hydroxyl groups is 3. The van der Waals surface area contributed by atoms with E-state index in [4.69, 9.17) is 41.1 Å². The molecule has 29 heavy (non-hydrogen) atoms. The Kier molecular flexibility index (Phi) is 6.29. The summed E-state index contributed by atoms with van der Waals surface area (Å²) in [4.78, 5) is 16.2. The summed E-state index contributed by atoms with van der Waals surface area (Å²) < 4.78 is 16.3. The highest BCUT2D eigenvalue weighted by Crippen LogP contribution is 2.36. The van der Waals surface area contributed by atoms with Gasteiger partial charge in [0.2, 0.25) is 5.88 Å². The molecule has 0 spiro atoms. The number of hydrogen-bond acceptors (Lipinski definition) is 9. The van der Waals surface area contributed by atoms with Crippen LogP contribution in [0, 0.1) is 0 Å². The van der Waals surface area contributed by atoms with Crippen LogP contribution in [0.1, 0.15) is 20.8 Å². The highest BCUT2D eigenvalue weighted by molar-refractivity contribution is 9.12. The van der Waals surface area contributed by atoms with Crippen molar-refractivity contribution in [2.75, 3.05) is 32.8 Å². The van der Waals surface area contributed by atoms with Crippen LogP contribution >= 0.6 is 27.5 Å². The van der Waals surface area contributed by atoms with Gasteiger partial charge < -0.3 is 39.7 Å². The highest BCUT2D eigenvalue weighted by Gasteiger charge is 2.41. The number of carbonyl (C=O) groups excluding carboxylic acids is 1. The third-order valence-corrected chi connectivity index (χ3v) is 5.93. The van der Waals surface area contributed by atoms with Crippen LogP contribution in [0.2, 0.25) is 0 Å². The molecule has 12 heteroatoms. The Labute approximate surface area is 181 Å². The molecule has 0 aromatic rings. The zero-order valence-electron chi connectivity index (χ0n) is 16.3. The van der Waals surface area contributed by atoms with Gasteiger partial charge in [0, 0.05) is 26.2 Å². The van der Waals surface area contributed by atoms with Crippen molar-refractivity contribution < 1.29 is 34.3 Å². The van der Waals surface area contributed by atoms with E-state index in [2.05, 4.69) is 26.1 Å². The van der Waals surface area contributed by atoms with Gasteiger partial charge in [-0.05, 0) is 36.7 Å². The van der Waals surface area contributed by atoms with Crippen molar-refractivity contribution in [1.29, 1.82) is 0 Å². The summed E-state index contributed by atoms with van der Waals surface area (Å²) in [5.74, 6) is 0.328. The van der Waals surface area contributed by atoms with Crippen LogP contribution in [0.5, 0.6) is 0 Å². The van der Waals surface area contributed by atoms with Crippen LogP contribution in [-0.4, -0.2) is 87.8 Å². The van der Waals surface area contributed by atoms with E-state index >= 15 is 0 Å². The minimum atomic E-state index is -3.36. The second-order valence-corrected chi connectivity index (χ2v) is 9.25. The Balaban J connectivity index is 1.72. The van der Waals surface area contributed by atoms with Gasteiger partial charge in [-0.2, -0.15) is 0 Å². The monoisotopic (exact) mass is 497 g/mol. The lowest BCUT2D eigenvalue weighted by Crippen LogP contribution is -2.58. The van der Waals surface area contributed by atoms with E-state index in [1.165, 1.54) is 0 Å². The number of rotatable bonds is 2. The molecule has 1 amide bonds. The molecule has 4 N–H and O–H groups in total. The second-order valence-electron chi connectivity index (χ2n) is 8.08. The lowest BCUT2D eigenvalue weighted by Gasteiger charge is -2.40. The van der Waals surface area contributed by atoms with E-state index < -0.39 is 17.8 Å². The first kappa shape index (κ1) is 22.4. The Bertz CT molecular complexity index is 732. The van der Waals surface area contributed by atoms with E-state index in [1.807, 2.05) is 20.8 Å². The average molecular weight is 499 g/mol. The topological polar surface area (TPSA) is 124 Å². The van der Waals surface area contributed by atoms with E-state index in [-0.39, 0.29) is 27.5 Å². The molecule has 0 aliphatic carbocycles. The first-order valence-electron chi connectivity index (χ1n) is 9.11. The maximum absolute atomic E-state index is 12.4. The second kappa shape index (κ2) is 8.12. The first-order valence-corrected chi connectivity index (χ1v) is 10.3. The number of amides is 1. The van der Waals surface area contributed by atoms with E-state index in [9.17, 15) is 4.79 Å². The Morgan fingerprint density at radius 1 is 1.28 bits per heavy atom. The van der Waals surface area contributed by atoms with Crippen LogP contribution in [0.4, 0.5) is 4.79 Å². The molecule has 2 unspecified atom stereocenters. The molecule has 3 aliphatic heterocycles. The van der Waals surface area contributed by atoms with Crippen LogP contribution in [0.25, 0.3) is 0 Å². The van der Waals surface area contributed by atoms with Gasteiger partial charge in [-0.1, -0.05) is 11.6 Å². The summed E-state index contributed by atoms with van der Waals surface area (Å²) in [5.41, 5.74) is -0.568. The number of halogens is 2. The highest BCUT2D eigenvalue weighted by atomic mass is 79.9. The predicted octanol–water partition coefficient (Wildman–Crippen LogP) is 0.529. The maximum atomic E-state index is 12.4. The third kappa shape index (κ3) is 5.47. The molecular formula is C17H25BrClN3O7. The van der Waals surface area contributed by atoms with Gasteiger partial charge >= 0.3 is 12.3 Å². The molecule has 0 radical (unpaired) electrons. The van der Waals surface area contributed by atoms with Gasteiger partial charge in [0.25, 0.3) is 0 Å². The standard InChI is InChI=1S/C17H25BrClN3O7/c1-16(2,3)29-15(23)22-5-4-21-7-10-13(27-8-9(21)6-22)12(19)11(18)14(20-10)28-17(24,25)26/h9-10,20,24-26H,4-8H2,1-3H3. The van der Waals surface area contributed by atoms with Crippen molar-refractivity contribution >= 4 is 33.6 Å². The molecule has 3 heterocycles. The smallest absolute Gasteiger partial charge is 0.454 e. The molecule has 2 fully saturated rings. The summed E-state index contributed by atoms with van der Waals surface area (Å²) >= 11 is 9.57. The van der Waals surface area contributed by atoms with Crippen molar-refractivity contribution in [2.24, 2.45) is 0 Å². The number of fused-ring (bicyclic) bond motifs is 2. The molecule has 0 bridgehead atoms. The number of ether oxygens (including phenoxy) is 3. The molecule has 0 aromatic carbocycles. The fourth-order valence-corrected chi connectivity index (χ4v) is 4.02. The van der Waals surface area contributed by atoms with Crippen molar-refractivity contribution in [3.63, 3.8) is 0 Å². The minimum Gasteiger partial charge on any atom is -0.492 e. The Hall–Kier alpha value is -1.24.